The van der Waals surface area contributed by atoms with Gasteiger partial charge in [0.2, 0.25) is 0 Å². The minimum absolute atomic E-state index is 0.0699. The fourth-order valence-corrected chi connectivity index (χ4v) is 1.88. The van der Waals surface area contributed by atoms with Crippen LogP contribution >= 0.6 is 0 Å². The molecule has 0 radical (unpaired) electrons. The molecule has 2 rings (SSSR count). The van der Waals surface area contributed by atoms with Crippen molar-refractivity contribution in [3.05, 3.63) is 71.3 Å². The molecule has 98 valence electrons. The molecule has 20 heavy (non-hydrogen) atoms. The third-order valence-electron chi connectivity index (χ3n) is 2.90. The summed E-state index contributed by atoms with van der Waals surface area (Å²) in [5.74, 6) is 3.17. The van der Waals surface area contributed by atoms with Gasteiger partial charge in [0.05, 0.1) is 7.11 Å². The van der Waals surface area contributed by atoms with Crippen molar-refractivity contribution in [2.24, 2.45) is 0 Å². The van der Waals surface area contributed by atoms with Crippen molar-refractivity contribution in [1.29, 1.82) is 0 Å². The lowest BCUT2D eigenvalue weighted by Gasteiger charge is -2.06. The lowest BCUT2D eigenvalue weighted by atomic mass is 10.0. The number of rotatable bonds is 4. The van der Waals surface area contributed by atoms with E-state index < -0.39 is 0 Å². The second-order valence-electron chi connectivity index (χ2n) is 4.13. The van der Waals surface area contributed by atoms with Crippen LogP contribution in [0.1, 0.15) is 21.5 Å². The predicted molar refractivity (Wildman–Crippen MR) is 80.7 cm³/mol. The Morgan fingerprint density at radius 2 is 1.90 bits per heavy atom. The van der Waals surface area contributed by atoms with Gasteiger partial charge in [-0.1, -0.05) is 42.3 Å². The Morgan fingerprint density at radius 1 is 1.15 bits per heavy atom. The number of ketones is 1. The third kappa shape index (κ3) is 2.96. The Bertz CT molecular complexity index is 676. The van der Waals surface area contributed by atoms with Crippen molar-refractivity contribution < 1.29 is 9.53 Å². The highest BCUT2D eigenvalue weighted by atomic mass is 16.5. The van der Waals surface area contributed by atoms with Crippen molar-refractivity contribution in [2.45, 2.75) is 0 Å². The molecule has 0 aliphatic carbocycles. The number of benzene rings is 2. The van der Waals surface area contributed by atoms with Crippen LogP contribution in [0.5, 0.6) is 5.75 Å². The maximum Gasteiger partial charge on any atom is 0.185 e. The lowest BCUT2D eigenvalue weighted by molar-refractivity contribution is 0.104. The number of carbonyl (C=O) groups excluding carboxylic acids is 1. The quantitative estimate of drug-likeness (QED) is 0.478. The second kappa shape index (κ2) is 6.40. The van der Waals surface area contributed by atoms with E-state index in [9.17, 15) is 4.79 Å². The van der Waals surface area contributed by atoms with Gasteiger partial charge in [0, 0.05) is 16.7 Å². The molecule has 0 unspecified atom stereocenters. The van der Waals surface area contributed by atoms with Gasteiger partial charge in [0.1, 0.15) is 5.75 Å². The molecular formula is C18H14O2. The monoisotopic (exact) mass is 262 g/mol. The van der Waals surface area contributed by atoms with Crippen LogP contribution in [0.25, 0.3) is 6.08 Å². The molecule has 0 saturated heterocycles. The molecule has 0 aromatic heterocycles. The summed E-state index contributed by atoms with van der Waals surface area (Å²) in [5.41, 5.74) is 2.07. The highest BCUT2D eigenvalue weighted by Crippen LogP contribution is 2.23. The van der Waals surface area contributed by atoms with Gasteiger partial charge in [-0.3, -0.25) is 4.79 Å². The molecule has 0 N–H and O–H groups in total. The first kappa shape index (κ1) is 13.6. The molecule has 2 aromatic rings. The highest BCUT2D eigenvalue weighted by Gasteiger charge is 2.05. The largest absolute Gasteiger partial charge is 0.496 e. The van der Waals surface area contributed by atoms with E-state index in [1.165, 1.54) is 6.08 Å². The summed E-state index contributed by atoms with van der Waals surface area (Å²) < 4.78 is 5.27. The first-order valence-corrected chi connectivity index (χ1v) is 6.17. The maximum absolute atomic E-state index is 12.0. The van der Waals surface area contributed by atoms with E-state index in [2.05, 4.69) is 5.92 Å². The zero-order valence-electron chi connectivity index (χ0n) is 11.2. The molecule has 0 atom stereocenters. The standard InChI is InChI=1S/C18H14O2/c1-3-14-10-7-11-18(20-2)16(14)12-13-17(19)15-8-5-4-6-9-15/h1,4-13H,2H3/b13-12+. The van der Waals surface area contributed by atoms with E-state index >= 15 is 0 Å². The Balaban J connectivity index is 2.33. The summed E-state index contributed by atoms with van der Waals surface area (Å²) in [6, 6.07) is 14.5. The lowest BCUT2D eigenvalue weighted by Crippen LogP contribution is -1.94. The number of carbonyl (C=O) groups is 1. The van der Waals surface area contributed by atoms with Crippen LogP contribution < -0.4 is 4.74 Å². The van der Waals surface area contributed by atoms with Gasteiger partial charge in [-0.2, -0.15) is 0 Å². The zero-order chi connectivity index (χ0) is 14.4. The van der Waals surface area contributed by atoms with Crippen molar-refractivity contribution in [1.82, 2.24) is 0 Å². The summed E-state index contributed by atoms with van der Waals surface area (Å²) in [6.07, 6.45) is 8.67. The smallest absolute Gasteiger partial charge is 0.185 e. The Labute approximate surface area is 118 Å². The van der Waals surface area contributed by atoms with Crippen molar-refractivity contribution in [3.63, 3.8) is 0 Å². The van der Waals surface area contributed by atoms with E-state index in [0.29, 0.717) is 16.9 Å². The van der Waals surface area contributed by atoms with Crippen LogP contribution in [0.4, 0.5) is 0 Å². The first-order chi connectivity index (χ1) is 9.76. The van der Waals surface area contributed by atoms with Crippen LogP contribution in [0.15, 0.2) is 54.6 Å². The second-order valence-corrected chi connectivity index (χ2v) is 4.13. The van der Waals surface area contributed by atoms with Crippen LogP contribution in [-0.4, -0.2) is 12.9 Å². The van der Waals surface area contributed by atoms with Gasteiger partial charge < -0.3 is 4.74 Å². The van der Waals surface area contributed by atoms with Gasteiger partial charge in [-0.25, -0.2) is 0 Å². The molecule has 0 spiro atoms. The fraction of sp³-hybridized carbons (Fsp3) is 0.0556. The van der Waals surface area contributed by atoms with E-state index in [-0.39, 0.29) is 5.78 Å². The van der Waals surface area contributed by atoms with Crippen molar-refractivity contribution >= 4 is 11.9 Å². The average molecular weight is 262 g/mol. The normalized spacial score (nSPS) is 10.2. The van der Waals surface area contributed by atoms with Gasteiger partial charge in [0.15, 0.2) is 5.78 Å². The Hall–Kier alpha value is -2.79. The van der Waals surface area contributed by atoms with Crippen molar-refractivity contribution in [3.8, 4) is 18.1 Å². The number of ether oxygens (including phenoxy) is 1. The topological polar surface area (TPSA) is 26.3 Å². The maximum atomic E-state index is 12.0. The molecule has 0 heterocycles. The zero-order valence-corrected chi connectivity index (χ0v) is 11.2. The first-order valence-electron chi connectivity index (χ1n) is 6.17. The highest BCUT2D eigenvalue weighted by molar-refractivity contribution is 6.07. The minimum Gasteiger partial charge on any atom is -0.496 e. The number of allylic oxidation sites excluding steroid dienone is 1. The van der Waals surface area contributed by atoms with E-state index in [4.69, 9.17) is 11.2 Å². The van der Waals surface area contributed by atoms with Crippen LogP contribution in [0.3, 0.4) is 0 Å². The number of terminal acetylenes is 1. The van der Waals surface area contributed by atoms with E-state index in [1.807, 2.05) is 36.4 Å². The third-order valence-corrected chi connectivity index (χ3v) is 2.90. The summed E-state index contributed by atoms with van der Waals surface area (Å²) in [7, 11) is 1.58. The SMILES string of the molecule is C#Cc1cccc(OC)c1/C=C/C(=O)c1ccccc1. The summed E-state index contributed by atoms with van der Waals surface area (Å²) >= 11 is 0. The summed E-state index contributed by atoms with van der Waals surface area (Å²) in [5, 5.41) is 0. The number of methoxy groups -OCH3 is 1. The summed E-state index contributed by atoms with van der Waals surface area (Å²) in [6.45, 7) is 0. The minimum atomic E-state index is -0.0699. The Kier molecular flexibility index (Phi) is 4.36. The molecule has 0 aliphatic heterocycles. The van der Waals surface area contributed by atoms with E-state index in [1.54, 1.807) is 25.3 Å². The van der Waals surface area contributed by atoms with Crippen LogP contribution in [-0.2, 0) is 0 Å². The molecule has 2 nitrogen and oxygen atoms in total. The molecule has 0 saturated carbocycles. The average Bonchev–Trinajstić information content (AvgIpc) is 2.52. The number of hydrogen-bond donors (Lipinski definition) is 0. The van der Waals surface area contributed by atoms with Gasteiger partial charge in [-0.15, -0.1) is 6.42 Å². The fourth-order valence-electron chi connectivity index (χ4n) is 1.88. The molecular weight excluding hydrogens is 248 g/mol. The van der Waals surface area contributed by atoms with Crippen LogP contribution in [0, 0.1) is 12.3 Å². The van der Waals surface area contributed by atoms with Crippen molar-refractivity contribution in [2.75, 3.05) is 7.11 Å². The molecule has 0 fully saturated rings. The molecule has 0 aliphatic rings. The van der Waals surface area contributed by atoms with E-state index in [0.717, 1.165) is 5.56 Å². The molecule has 2 aromatic carbocycles. The van der Waals surface area contributed by atoms with Gasteiger partial charge in [0.25, 0.3) is 0 Å². The van der Waals surface area contributed by atoms with Gasteiger partial charge in [-0.05, 0) is 24.3 Å². The Morgan fingerprint density at radius 3 is 2.55 bits per heavy atom. The summed E-state index contributed by atoms with van der Waals surface area (Å²) in [4.78, 5) is 12.0. The van der Waals surface area contributed by atoms with Gasteiger partial charge >= 0.3 is 0 Å². The molecule has 2 heteroatoms. The predicted octanol–water partition coefficient (Wildman–Crippen LogP) is 3.57. The number of hydrogen-bond acceptors (Lipinski definition) is 2. The molecule has 0 bridgehead atoms. The van der Waals surface area contributed by atoms with Crippen LogP contribution in [0.2, 0.25) is 0 Å². The molecule has 0 amide bonds.